The number of ether oxygens (including phenoxy) is 2. The number of carbonyl (C=O) groups is 1. The van der Waals surface area contributed by atoms with Gasteiger partial charge in [-0.1, -0.05) is 60.7 Å². The SMILES string of the molecule is O=C(OCc1ccc(OCCCC(F)(F)C(F)(F)C(F)(F)C(F)(F)C(F)(F)C(F)(F)C(F)(F)C(F)(F)F)cc1)c1c2ccccc2cc2ccccc12. The van der Waals surface area contributed by atoms with Crippen LogP contribution >= 0.6 is 0 Å². The van der Waals surface area contributed by atoms with Gasteiger partial charge >= 0.3 is 53.6 Å². The summed E-state index contributed by atoms with van der Waals surface area (Å²) in [5, 5.41) is 2.72. The van der Waals surface area contributed by atoms with Crippen LogP contribution in [0.1, 0.15) is 28.8 Å². The van der Waals surface area contributed by atoms with Crippen molar-refractivity contribution in [1.29, 1.82) is 0 Å². The second-order valence-electron chi connectivity index (χ2n) is 11.5. The van der Waals surface area contributed by atoms with Crippen molar-refractivity contribution >= 4 is 27.5 Å². The van der Waals surface area contributed by atoms with E-state index >= 15 is 0 Å². The first-order chi connectivity index (χ1) is 24.2. The average molecular weight is 788 g/mol. The number of halogens is 17. The minimum atomic E-state index is -8.67. The Morgan fingerprint density at radius 1 is 0.528 bits per heavy atom. The number of hydrogen-bond acceptors (Lipinski definition) is 3. The highest BCUT2D eigenvalue weighted by Gasteiger charge is 2.95. The van der Waals surface area contributed by atoms with Crippen LogP contribution in [0.3, 0.4) is 0 Å². The van der Waals surface area contributed by atoms with E-state index in [1.54, 1.807) is 48.5 Å². The highest BCUT2D eigenvalue weighted by molar-refractivity contribution is 6.16. The lowest BCUT2D eigenvalue weighted by Gasteiger charge is -2.42. The first-order valence-corrected chi connectivity index (χ1v) is 14.7. The van der Waals surface area contributed by atoms with E-state index in [0.717, 1.165) is 22.9 Å². The summed E-state index contributed by atoms with van der Waals surface area (Å²) in [4.78, 5) is 13.1. The lowest BCUT2D eigenvalue weighted by molar-refractivity contribution is -0.461. The molecule has 53 heavy (non-hydrogen) atoms. The van der Waals surface area contributed by atoms with Crippen molar-refractivity contribution in [3.8, 4) is 5.75 Å². The third-order valence-electron chi connectivity index (χ3n) is 7.96. The minimum absolute atomic E-state index is 0.209. The number of fused-ring (bicyclic) bond motifs is 2. The predicted molar refractivity (Wildman–Crippen MR) is 152 cm³/mol. The molecular weight excluding hydrogens is 767 g/mol. The zero-order valence-electron chi connectivity index (χ0n) is 26.0. The van der Waals surface area contributed by atoms with Crippen LogP contribution in [0.2, 0.25) is 0 Å². The topological polar surface area (TPSA) is 35.5 Å². The van der Waals surface area contributed by atoms with E-state index in [2.05, 4.69) is 0 Å². The summed E-state index contributed by atoms with van der Waals surface area (Å²) >= 11 is 0. The molecule has 20 heteroatoms. The second-order valence-corrected chi connectivity index (χ2v) is 11.5. The van der Waals surface area contributed by atoms with Crippen molar-refractivity contribution in [3.05, 3.63) is 90.0 Å². The quantitative estimate of drug-likeness (QED) is 0.0553. The summed E-state index contributed by atoms with van der Waals surface area (Å²) in [6, 6.07) is 20.7. The number of alkyl halides is 17. The molecule has 0 spiro atoms. The van der Waals surface area contributed by atoms with Crippen molar-refractivity contribution in [2.75, 3.05) is 6.61 Å². The summed E-state index contributed by atoms with van der Waals surface area (Å²) in [7, 11) is 0. The van der Waals surface area contributed by atoms with Gasteiger partial charge in [-0.2, -0.15) is 74.6 Å². The maximum atomic E-state index is 14.1. The van der Waals surface area contributed by atoms with Crippen LogP contribution in [0, 0.1) is 0 Å². The first-order valence-electron chi connectivity index (χ1n) is 14.7. The fourth-order valence-corrected chi connectivity index (χ4v) is 4.97. The van der Waals surface area contributed by atoms with E-state index in [1.165, 1.54) is 12.1 Å². The molecule has 0 heterocycles. The summed E-state index contributed by atoms with van der Waals surface area (Å²) in [5.74, 6) is -57.5. The Kier molecular flexibility index (Phi) is 10.7. The number of esters is 1. The van der Waals surface area contributed by atoms with E-state index in [9.17, 15) is 79.4 Å². The number of rotatable bonds is 14. The Hall–Kier alpha value is -4.52. The third-order valence-corrected chi connectivity index (χ3v) is 7.96. The van der Waals surface area contributed by atoms with Crippen LogP contribution in [0.15, 0.2) is 78.9 Å². The van der Waals surface area contributed by atoms with Crippen LogP contribution in [0.4, 0.5) is 74.6 Å². The molecule has 4 aromatic carbocycles. The molecule has 0 amide bonds. The Labute approximate surface area is 286 Å². The van der Waals surface area contributed by atoms with E-state index in [0.29, 0.717) is 16.3 Å². The van der Waals surface area contributed by atoms with Crippen molar-refractivity contribution in [1.82, 2.24) is 0 Å². The highest BCUT2D eigenvalue weighted by Crippen LogP contribution is 2.64. The van der Waals surface area contributed by atoms with Crippen LogP contribution in [0.25, 0.3) is 21.5 Å². The van der Waals surface area contributed by atoms with Gasteiger partial charge in [-0.05, 0) is 51.7 Å². The van der Waals surface area contributed by atoms with Gasteiger partial charge in [-0.15, -0.1) is 0 Å². The first kappa shape index (κ1) is 41.2. The van der Waals surface area contributed by atoms with Gasteiger partial charge in [0.15, 0.2) is 0 Å². The van der Waals surface area contributed by atoms with Gasteiger partial charge in [0.1, 0.15) is 12.4 Å². The lowest BCUT2D eigenvalue weighted by Crippen LogP contribution is -2.74. The van der Waals surface area contributed by atoms with Gasteiger partial charge in [0.25, 0.3) is 0 Å². The Morgan fingerprint density at radius 3 is 1.43 bits per heavy atom. The molecule has 0 N–H and O–H groups in total. The van der Waals surface area contributed by atoms with Crippen LogP contribution in [-0.4, -0.2) is 60.2 Å². The monoisotopic (exact) mass is 788 g/mol. The molecule has 0 atom stereocenters. The Morgan fingerprint density at radius 2 is 0.962 bits per heavy atom. The van der Waals surface area contributed by atoms with Crippen molar-refractivity contribution in [2.24, 2.45) is 0 Å². The molecule has 0 radical (unpaired) electrons. The maximum Gasteiger partial charge on any atom is 0.460 e. The van der Waals surface area contributed by atoms with E-state index in [4.69, 9.17) is 9.47 Å². The molecule has 0 unspecified atom stereocenters. The van der Waals surface area contributed by atoms with Gasteiger partial charge in [0.2, 0.25) is 0 Å². The number of hydrogen-bond donors (Lipinski definition) is 0. The van der Waals surface area contributed by atoms with Crippen LogP contribution in [-0.2, 0) is 11.3 Å². The summed E-state index contributed by atoms with van der Waals surface area (Å²) in [5.41, 5.74) is 0.608. The summed E-state index contributed by atoms with van der Waals surface area (Å²) in [6.45, 7) is -1.39. The second kappa shape index (κ2) is 13.7. The maximum absolute atomic E-state index is 14.1. The van der Waals surface area contributed by atoms with Gasteiger partial charge in [0, 0.05) is 6.42 Å². The smallest absolute Gasteiger partial charge is 0.460 e. The zero-order chi connectivity index (χ0) is 40.1. The normalized spacial score (nSPS) is 14.1. The summed E-state index contributed by atoms with van der Waals surface area (Å²) < 4.78 is 239. The highest BCUT2D eigenvalue weighted by atomic mass is 19.4. The Balaban J connectivity index is 1.38. The molecule has 0 aliphatic rings. The van der Waals surface area contributed by atoms with Crippen molar-refractivity contribution in [2.45, 2.75) is 67.1 Å². The van der Waals surface area contributed by atoms with E-state index in [1.807, 2.05) is 6.07 Å². The molecule has 4 aromatic rings. The fourth-order valence-electron chi connectivity index (χ4n) is 4.97. The molecule has 0 fully saturated rings. The fraction of sp³-hybridized carbons (Fsp3) is 0.364. The van der Waals surface area contributed by atoms with E-state index in [-0.39, 0.29) is 17.9 Å². The van der Waals surface area contributed by atoms with E-state index < -0.39 is 73.1 Å². The van der Waals surface area contributed by atoms with Crippen LogP contribution < -0.4 is 4.74 Å². The summed E-state index contributed by atoms with van der Waals surface area (Å²) in [6.07, 6.45) is -11.8. The molecule has 0 aromatic heterocycles. The number of benzene rings is 4. The molecule has 3 nitrogen and oxygen atoms in total. The third kappa shape index (κ3) is 6.88. The van der Waals surface area contributed by atoms with Gasteiger partial charge < -0.3 is 9.47 Å². The van der Waals surface area contributed by atoms with Gasteiger partial charge in [-0.3, -0.25) is 0 Å². The molecule has 290 valence electrons. The molecule has 0 aliphatic carbocycles. The average Bonchev–Trinajstić information content (AvgIpc) is 3.07. The van der Waals surface area contributed by atoms with Gasteiger partial charge in [-0.25, -0.2) is 4.79 Å². The molecule has 0 aliphatic heterocycles. The largest absolute Gasteiger partial charge is 0.494 e. The minimum Gasteiger partial charge on any atom is -0.494 e. The van der Waals surface area contributed by atoms with Crippen molar-refractivity contribution in [3.63, 3.8) is 0 Å². The molecule has 4 rings (SSSR count). The van der Waals surface area contributed by atoms with Crippen LogP contribution in [0.5, 0.6) is 5.75 Å². The molecule has 0 bridgehead atoms. The predicted octanol–water partition coefficient (Wildman–Crippen LogP) is 11.5. The van der Waals surface area contributed by atoms with Gasteiger partial charge in [0.05, 0.1) is 12.2 Å². The standard InChI is InChI=1S/C33H21F17O3/c34-26(35,27(36,37)28(38,39)29(40,41)30(42,43)31(44,45)32(46,47)33(48,49)50)14-5-15-52-21-12-10-18(11-13-21)17-53-25(51)24-22-8-3-1-6-19(22)16-20-7-2-4-9-23(20)24/h1-4,6-13,16H,5,14-15,17H2. The van der Waals surface area contributed by atoms with Crippen molar-refractivity contribution < 1.29 is 88.9 Å². The molecule has 0 saturated carbocycles. The lowest BCUT2D eigenvalue weighted by atomic mass is 9.88. The number of carbonyl (C=O) groups excluding carboxylic acids is 1. The molecular formula is C33H21F17O3. The molecule has 0 saturated heterocycles. The zero-order valence-corrected chi connectivity index (χ0v) is 26.0. The Bertz CT molecular complexity index is 1880.